The summed E-state index contributed by atoms with van der Waals surface area (Å²) >= 11 is 3.67. The van der Waals surface area contributed by atoms with E-state index >= 15 is 0 Å². The van der Waals surface area contributed by atoms with Crippen LogP contribution in [0.5, 0.6) is 0 Å². The van der Waals surface area contributed by atoms with Crippen molar-refractivity contribution in [2.24, 2.45) is 0 Å². The fraction of sp³-hybridized carbons (Fsp3) is 0.333. The van der Waals surface area contributed by atoms with Gasteiger partial charge in [0.2, 0.25) is 5.12 Å². The average Bonchev–Trinajstić information content (AvgIpc) is 2.30. The number of nitrogen functional groups attached to an aromatic ring is 1. The summed E-state index contributed by atoms with van der Waals surface area (Å²) < 4.78 is 1.52. The molecular weight excluding hydrogens is 162 g/mol. The number of nitrogens with two attached hydrogens (primary N) is 1. The molecule has 60 valence electrons. The zero-order chi connectivity index (χ0) is 8.43. The SMILES string of the molecule is CCn1ncc(N)c1C(=O)S. The summed E-state index contributed by atoms with van der Waals surface area (Å²) in [5.41, 5.74) is 6.22. The number of carbonyl (C=O) groups is 1. The van der Waals surface area contributed by atoms with Gasteiger partial charge in [-0.05, 0) is 6.92 Å². The van der Waals surface area contributed by atoms with Gasteiger partial charge in [0.15, 0.2) is 0 Å². The van der Waals surface area contributed by atoms with Crippen LogP contribution in [0.25, 0.3) is 0 Å². The quantitative estimate of drug-likeness (QED) is 0.639. The number of aromatic nitrogens is 2. The number of nitrogens with zero attached hydrogens (tertiary/aromatic N) is 2. The maximum Gasteiger partial charge on any atom is 0.236 e. The molecule has 4 nitrogen and oxygen atoms in total. The Kier molecular flexibility index (Phi) is 2.19. The van der Waals surface area contributed by atoms with Gasteiger partial charge in [0.1, 0.15) is 5.69 Å². The van der Waals surface area contributed by atoms with Crippen LogP contribution in [0.4, 0.5) is 5.69 Å². The molecule has 0 bridgehead atoms. The number of rotatable bonds is 2. The van der Waals surface area contributed by atoms with Crippen molar-refractivity contribution in [3.8, 4) is 0 Å². The molecule has 11 heavy (non-hydrogen) atoms. The first-order chi connectivity index (χ1) is 5.16. The van der Waals surface area contributed by atoms with E-state index in [0.29, 0.717) is 17.9 Å². The van der Waals surface area contributed by atoms with Crippen molar-refractivity contribution in [3.63, 3.8) is 0 Å². The number of hydrogen-bond acceptors (Lipinski definition) is 3. The number of thiol groups is 1. The van der Waals surface area contributed by atoms with Crippen molar-refractivity contribution in [2.45, 2.75) is 13.5 Å². The predicted molar refractivity (Wildman–Crippen MR) is 45.6 cm³/mol. The van der Waals surface area contributed by atoms with Gasteiger partial charge in [-0.2, -0.15) is 5.10 Å². The minimum absolute atomic E-state index is 0.346. The van der Waals surface area contributed by atoms with Gasteiger partial charge in [0.05, 0.1) is 11.9 Å². The van der Waals surface area contributed by atoms with Crippen LogP contribution in [0.2, 0.25) is 0 Å². The molecule has 0 aliphatic heterocycles. The number of anilines is 1. The zero-order valence-electron chi connectivity index (χ0n) is 6.11. The van der Waals surface area contributed by atoms with Crippen molar-refractivity contribution in [1.29, 1.82) is 0 Å². The Morgan fingerprint density at radius 1 is 1.91 bits per heavy atom. The highest BCUT2D eigenvalue weighted by Gasteiger charge is 2.11. The fourth-order valence-corrected chi connectivity index (χ4v) is 1.12. The first-order valence-corrected chi connectivity index (χ1v) is 3.66. The van der Waals surface area contributed by atoms with Crippen LogP contribution >= 0.6 is 12.6 Å². The van der Waals surface area contributed by atoms with Crippen molar-refractivity contribution in [2.75, 3.05) is 5.73 Å². The Morgan fingerprint density at radius 2 is 2.55 bits per heavy atom. The molecule has 0 saturated carbocycles. The molecule has 0 atom stereocenters. The number of carbonyl (C=O) groups excluding carboxylic acids is 1. The molecule has 0 fully saturated rings. The summed E-state index contributed by atoms with van der Waals surface area (Å²) in [5, 5.41) is 3.53. The molecule has 1 rings (SSSR count). The Bertz CT molecular complexity index is 281. The molecule has 0 unspecified atom stereocenters. The van der Waals surface area contributed by atoms with Crippen molar-refractivity contribution in [3.05, 3.63) is 11.9 Å². The highest BCUT2D eigenvalue weighted by Crippen LogP contribution is 2.12. The maximum absolute atomic E-state index is 10.8. The fourth-order valence-electron chi connectivity index (χ4n) is 0.873. The molecule has 1 aromatic heterocycles. The van der Waals surface area contributed by atoms with E-state index in [9.17, 15) is 4.79 Å². The van der Waals surface area contributed by atoms with Gasteiger partial charge >= 0.3 is 0 Å². The zero-order valence-corrected chi connectivity index (χ0v) is 7.01. The third-order valence-electron chi connectivity index (χ3n) is 1.37. The summed E-state index contributed by atoms with van der Waals surface area (Å²) in [4.78, 5) is 10.8. The first kappa shape index (κ1) is 8.13. The molecule has 0 aromatic carbocycles. The molecule has 0 amide bonds. The molecule has 0 spiro atoms. The van der Waals surface area contributed by atoms with E-state index in [-0.39, 0.29) is 5.12 Å². The lowest BCUT2D eigenvalue weighted by Gasteiger charge is -1.99. The standard InChI is InChI=1S/C6H9N3OS/c1-2-9-5(6(10)11)4(7)3-8-9/h3H,2,7H2,1H3,(H,10,11). The Balaban J connectivity index is 3.17. The summed E-state index contributed by atoms with van der Waals surface area (Å²) in [5.74, 6) is 0. The monoisotopic (exact) mass is 171 g/mol. The smallest absolute Gasteiger partial charge is 0.236 e. The van der Waals surface area contributed by atoms with Gasteiger partial charge in [-0.1, -0.05) is 12.6 Å². The lowest BCUT2D eigenvalue weighted by atomic mass is 10.4. The van der Waals surface area contributed by atoms with Gasteiger partial charge in [-0.25, -0.2) is 0 Å². The van der Waals surface area contributed by atoms with Crippen LogP contribution in [0, 0.1) is 0 Å². The van der Waals surface area contributed by atoms with E-state index in [1.807, 2.05) is 6.92 Å². The molecule has 0 aliphatic carbocycles. The van der Waals surface area contributed by atoms with E-state index in [4.69, 9.17) is 5.73 Å². The van der Waals surface area contributed by atoms with E-state index in [0.717, 1.165) is 0 Å². The predicted octanol–water partition coefficient (Wildman–Crippen LogP) is 0.555. The van der Waals surface area contributed by atoms with Crippen LogP contribution in [0.1, 0.15) is 17.4 Å². The van der Waals surface area contributed by atoms with E-state index in [1.54, 1.807) is 0 Å². The second kappa shape index (κ2) is 2.96. The third-order valence-corrected chi connectivity index (χ3v) is 1.58. The van der Waals surface area contributed by atoms with Crippen LogP contribution in [-0.4, -0.2) is 14.9 Å². The van der Waals surface area contributed by atoms with Crippen LogP contribution in [-0.2, 0) is 6.54 Å². The molecule has 1 heterocycles. The molecular formula is C6H9N3OS. The van der Waals surface area contributed by atoms with Gasteiger partial charge in [0.25, 0.3) is 0 Å². The second-order valence-electron chi connectivity index (χ2n) is 2.07. The van der Waals surface area contributed by atoms with Gasteiger partial charge < -0.3 is 5.73 Å². The van der Waals surface area contributed by atoms with E-state index in [2.05, 4.69) is 17.7 Å². The summed E-state index contributed by atoms with van der Waals surface area (Å²) in [6, 6.07) is 0. The molecule has 2 N–H and O–H groups in total. The Morgan fingerprint density at radius 3 is 2.91 bits per heavy atom. The topological polar surface area (TPSA) is 60.9 Å². The van der Waals surface area contributed by atoms with Gasteiger partial charge in [-0.3, -0.25) is 9.48 Å². The summed E-state index contributed by atoms with van der Waals surface area (Å²) in [7, 11) is 0. The van der Waals surface area contributed by atoms with Crippen LogP contribution in [0.15, 0.2) is 6.20 Å². The second-order valence-corrected chi connectivity index (χ2v) is 2.48. The third kappa shape index (κ3) is 1.37. The molecule has 0 aliphatic rings. The van der Waals surface area contributed by atoms with Crippen molar-refractivity contribution in [1.82, 2.24) is 9.78 Å². The first-order valence-electron chi connectivity index (χ1n) is 3.21. The van der Waals surface area contributed by atoms with Gasteiger partial charge in [0, 0.05) is 6.54 Å². The highest BCUT2D eigenvalue weighted by molar-refractivity contribution is 7.97. The minimum atomic E-state index is -0.346. The van der Waals surface area contributed by atoms with E-state index in [1.165, 1.54) is 10.9 Å². The minimum Gasteiger partial charge on any atom is -0.396 e. The summed E-state index contributed by atoms with van der Waals surface area (Å²) in [6.07, 6.45) is 1.45. The maximum atomic E-state index is 10.8. The normalized spacial score (nSPS) is 10.0. The molecule has 5 heteroatoms. The number of aryl methyl sites for hydroxylation is 1. The highest BCUT2D eigenvalue weighted by atomic mass is 32.1. The van der Waals surface area contributed by atoms with Crippen molar-refractivity contribution >= 4 is 23.4 Å². The lowest BCUT2D eigenvalue weighted by Crippen LogP contribution is -2.06. The average molecular weight is 171 g/mol. The Labute approximate surface area is 69.8 Å². The molecule has 1 aromatic rings. The van der Waals surface area contributed by atoms with E-state index < -0.39 is 0 Å². The number of hydrogen-bond donors (Lipinski definition) is 2. The lowest BCUT2D eigenvalue weighted by molar-refractivity contribution is 0.108. The van der Waals surface area contributed by atoms with Crippen LogP contribution < -0.4 is 5.73 Å². The summed E-state index contributed by atoms with van der Waals surface area (Å²) in [6.45, 7) is 2.51. The largest absolute Gasteiger partial charge is 0.396 e. The van der Waals surface area contributed by atoms with Gasteiger partial charge in [-0.15, -0.1) is 0 Å². The molecule has 0 saturated heterocycles. The Hall–Kier alpha value is -0.970. The van der Waals surface area contributed by atoms with Crippen molar-refractivity contribution < 1.29 is 4.79 Å². The van der Waals surface area contributed by atoms with Crippen LogP contribution in [0.3, 0.4) is 0 Å². The molecule has 0 radical (unpaired) electrons.